The van der Waals surface area contributed by atoms with Gasteiger partial charge in [0.15, 0.2) is 5.11 Å². The fourth-order valence-electron chi connectivity index (χ4n) is 5.07. The Labute approximate surface area is 241 Å². The van der Waals surface area contributed by atoms with Gasteiger partial charge in [-0.05, 0) is 91.4 Å². The van der Waals surface area contributed by atoms with E-state index >= 15 is 0 Å². The number of aryl methyl sites for hydroxylation is 1. The third kappa shape index (κ3) is 4.97. The van der Waals surface area contributed by atoms with Gasteiger partial charge in [0, 0.05) is 51.4 Å². The Hall–Kier alpha value is -4.47. The van der Waals surface area contributed by atoms with Crippen molar-refractivity contribution in [1.82, 2.24) is 14.9 Å². The number of non-ortho nitro benzene ring substituents is 1. The van der Waals surface area contributed by atoms with Gasteiger partial charge in [0.05, 0.1) is 16.7 Å². The molecule has 1 saturated heterocycles. The highest BCUT2D eigenvalue weighted by Crippen LogP contribution is 2.43. The minimum atomic E-state index is -0.388. The fourth-order valence-corrected chi connectivity index (χ4v) is 6.23. The van der Waals surface area contributed by atoms with E-state index in [2.05, 4.69) is 87.5 Å². The zero-order chi connectivity index (χ0) is 27.6. The number of nitrogens with zero attached hydrogens (tertiary/aromatic N) is 4. The predicted molar refractivity (Wildman–Crippen MR) is 162 cm³/mol. The smallest absolute Gasteiger partial charge is 0.269 e. The maximum absolute atomic E-state index is 11.0. The van der Waals surface area contributed by atoms with Gasteiger partial charge >= 0.3 is 0 Å². The molecule has 2 aromatic heterocycles. The molecular weight excluding hydrogens is 539 g/mol. The SMILES string of the molecule is Cc1ccccc1-n1cccc1[C@H]1[C@H](c2ccccn2)NC(=S)N1c1ccc(Sc2ccc([N+](=O)[O-])cc2)cc1. The predicted octanol–water partition coefficient (Wildman–Crippen LogP) is 7.42. The van der Waals surface area contributed by atoms with Crippen molar-refractivity contribution in [3.8, 4) is 5.69 Å². The van der Waals surface area contributed by atoms with Gasteiger partial charge in [-0.3, -0.25) is 15.1 Å². The van der Waals surface area contributed by atoms with E-state index in [9.17, 15) is 10.1 Å². The van der Waals surface area contributed by atoms with Crippen LogP contribution in [0.4, 0.5) is 11.4 Å². The first-order chi connectivity index (χ1) is 19.5. The largest absolute Gasteiger partial charge is 0.351 e. The lowest BCUT2D eigenvalue weighted by Crippen LogP contribution is -2.30. The summed E-state index contributed by atoms with van der Waals surface area (Å²) in [7, 11) is 0. The Bertz CT molecular complexity index is 1670. The number of para-hydroxylation sites is 1. The van der Waals surface area contributed by atoms with Gasteiger partial charge in [-0.15, -0.1) is 0 Å². The lowest BCUT2D eigenvalue weighted by molar-refractivity contribution is -0.384. The standard InChI is InChI=1S/C31H25N5O2S2/c1-21-7-2-3-9-27(21)34-20-6-10-28(34)30-29(26-8-4-5-19-32-26)33-31(39)35(30)22-11-15-24(16-12-22)40-25-17-13-23(14-18-25)36(37)38/h2-20,29-30H,1H3,(H,33,39)/t29-,30-/m0/s1. The van der Waals surface area contributed by atoms with Crippen LogP contribution in [-0.4, -0.2) is 19.6 Å². The van der Waals surface area contributed by atoms with Gasteiger partial charge in [-0.25, -0.2) is 0 Å². The first-order valence-electron chi connectivity index (χ1n) is 12.8. The summed E-state index contributed by atoms with van der Waals surface area (Å²) in [4.78, 5) is 19.4. The molecule has 198 valence electrons. The molecule has 9 heteroatoms. The molecule has 40 heavy (non-hydrogen) atoms. The van der Waals surface area contributed by atoms with Gasteiger partial charge in [0.1, 0.15) is 6.04 Å². The molecule has 0 bridgehead atoms. The number of hydrogen-bond acceptors (Lipinski definition) is 5. The Kier molecular flexibility index (Phi) is 7.06. The number of nitrogens with one attached hydrogen (secondary N) is 1. The van der Waals surface area contributed by atoms with E-state index in [0.717, 1.165) is 32.6 Å². The van der Waals surface area contributed by atoms with Crippen molar-refractivity contribution in [2.24, 2.45) is 0 Å². The molecule has 6 rings (SSSR count). The monoisotopic (exact) mass is 563 g/mol. The molecule has 0 radical (unpaired) electrons. The molecule has 0 aliphatic carbocycles. The van der Waals surface area contributed by atoms with Crippen molar-refractivity contribution < 1.29 is 4.92 Å². The number of thiocarbonyl (C=S) groups is 1. The number of nitro groups is 1. The van der Waals surface area contributed by atoms with E-state index in [4.69, 9.17) is 12.2 Å². The Morgan fingerprint density at radius 3 is 2.27 bits per heavy atom. The van der Waals surface area contributed by atoms with Crippen molar-refractivity contribution in [2.75, 3.05) is 4.90 Å². The average molecular weight is 564 g/mol. The third-order valence-corrected chi connectivity index (χ3v) is 8.28. The van der Waals surface area contributed by atoms with E-state index in [0.29, 0.717) is 5.11 Å². The van der Waals surface area contributed by atoms with Gasteiger partial charge in [0.2, 0.25) is 0 Å². The maximum Gasteiger partial charge on any atom is 0.269 e. The number of hydrogen-bond donors (Lipinski definition) is 1. The zero-order valence-corrected chi connectivity index (χ0v) is 23.2. The van der Waals surface area contributed by atoms with Crippen molar-refractivity contribution in [3.63, 3.8) is 0 Å². The molecule has 1 aliphatic rings. The summed E-state index contributed by atoms with van der Waals surface area (Å²) < 4.78 is 2.23. The molecule has 0 spiro atoms. The van der Waals surface area contributed by atoms with E-state index in [1.807, 2.05) is 30.5 Å². The lowest BCUT2D eigenvalue weighted by Gasteiger charge is -2.29. The highest BCUT2D eigenvalue weighted by Gasteiger charge is 2.42. The van der Waals surface area contributed by atoms with Crippen LogP contribution >= 0.6 is 24.0 Å². The summed E-state index contributed by atoms with van der Waals surface area (Å²) in [6.45, 7) is 2.12. The highest BCUT2D eigenvalue weighted by atomic mass is 32.2. The van der Waals surface area contributed by atoms with E-state index < -0.39 is 0 Å². The van der Waals surface area contributed by atoms with Gasteiger partial charge in [0.25, 0.3) is 5.69 Å². The first kappa shape index (κ1) is 25.8. The molecule has 1 N–H and O–H groups in total. The van der Waals surface area contributed by atoms with Crippen LogP contribution in [0.5, 0.6) is 0 Å². The number of rotatable bonds is 7. The van der Waals surface area contributed by atoms with Crippen LogP contribution in [-0.2, 0) is 0 Å². The quantitative estimate of drug-likeness (QED) is 0.125. The molecular formula is C31H25N5O2S2. The summed E-state index contributed by atoms with van der Waals surface area (Å²) >= 11 is 7.48. The second kappa shape index (κ2) is 11.0. The second-order valence-corrected chi connectivity index (χ2v) is 11.0. The first-order valence-corrected chi connectivity index (χ1v) is 14.0. The summed E-state index contributed by atoms with van der Waals surface area (Å²) in [5.41, 5.74) is 5.36. The van der Waals surface area contributed by atoms with E-state index in [1.165, 1.54) is 17.7 Å². The Balaban J connectivity index is 1.36. The molecule has 0 saturated carbocycles. The summed E-state index contributed by atoms with van der Waals surface area (Å²) in [6, 6.07) is 33.0. The highest BCUT2D eigenvalue weighted by molar-refractivity contribution is 7.99. The number of nitro benzene ring substituents is 1. The molecule has 3 aromatic carbocycles. The number of aromatic nitrogens is 2. The molecule has 5 aromatic rings. The summed E-state index contributed by atoms with van der Waals surface area (Å²) in [6.07, 6.45) is 3.90. The fraction of sp³-hybridized carbons (Fsp3) is 0.0968. The molecule has 1 aliphatic heterocycles. The van der Waals surface area contributed by atoms with E-state index in [-0.39, 0.29) is 22.7 Å². The van der Waals surface area contributed by atoms with Crippen molar-refractivity contribution in [2.45, 2.75) is 28.8 Å². The second-order valence-electron chi connectivity index (χ2n) is 9.43. The van der Waals surface area contributed by atoms with Crippen molar-refractivity contribution in [1.29, 1.82) is 0 Å². The molecule has 3 heterocycles. The summed E-state index contributed by atoms with van der Waals surface area (Å²) in [5, 5.41) is 15.2. The summed E-state index contributed by atoms with van der Waals surface area (Å²) in [5.74, 6) is 0. The maximum atomic E-state index is 11.0. The molecule has 0 unspecified atom stereocenters. The van der Waals surface area contributed by atoms with Gasteiger partial charge < -0.3 is 14.8 Å². The van der Waals surface area contributed by atoms with Crippen LogP contribution in [0.15, 0.2) is 125 Å². The van der Waals surface area contributed by atoms with Crippen LogP contribution in [0.25, 0.3) is 5.69 Å². The molecule has 2 atom stereocenters. The molecule has 7 nitrogen and oxygen atoms in total. The topological polar surface area (TPSA) is 76.2 Å². The number of benzene rings is 3. The molecule has 0 amide bonds. The minimum absolute atomic E-state index is 0.0821. The number of anilines is 1. The normalized spacial score (nSPS) is 16.6. The van der Waals surface area contributed by atoms with Crippen LogP contribution < -0.4 is 10.2 Å². The average Bonchev–Trinajstić information content (AvgIpc) is 3.59. The third-order valence-electron chi connectivity index (χ3n) is 6.95. The van der Waals surface area contributed by atoms with Crippen LogP contribution in [0.3, 0.4) is 0 Å². The minimum Gasteiger partial charge on any atom is -0.351 e. The van der Waals surface area contributed by atoms with Crippen LogP contribution in [0, 0.1) is 17.0 Å². The van der Waals surface area contributed by atoms with Crippen molar-refractivity contribution in [3.05, 3.63) is 143 Å². The number of pyridine rings is 1. The van der Waals surface area contributed by atoms with Crippen LogP contribution in [0.1, 0.15) is 29.0 Å². The van der Waals surface area contributed by atoms with Crippen molar-refractivity contribution >= 4 is 40.5 Å². The zero-order valence-electron chi connectivity index (χ0n) is 21.5. The Morgan fingerprint density at radius 2 is 1.60 bits per heavy atom. The lowest BCUT2D eigenvalue weighted by atomic mass is 10.0. The van der Waals surface area contributed by atoms with Gasteiger partial charge in [-0.1, -0.05) is 36.0 Å². The van der Waals surface area contributed by atoms with E-state index in [1.54, 1.807) is 23.9 Å². The van der Waals surface area contributed by atoms with Crippen LogP contribution in [0.2, 0.25) is 0 Å². The van der Waals surface area contributed by atoms with Gasteiger partial charge in [-0.2, -0.15) is 0 Å². The molecule has 1 fully saturated rings. The Morgan fingerprint density at radius 1 is 0.900 bits per heavy atom.